The van der Waals surface area contributed by atoms with Crippen LogP contribution in [0.3, 0.4) is 0 Å². The zero-order valence-electron chi connectivity index (χ0n) is 9.08. The monoisotopic (exact) mass is 198 g/mol. The third kappa shape index (κ3) is 0.956. The molecule has 76 valence electrons. The van der Waals surface area contributed by atoms with Crippen LogP contribution in [0.25, 0.3) is 0 Å². The SMILES string of the molecule is CC1=C[C@H]2C[C@@](C)(C1=O)c1ccccc12. The summed E-state index contributed by atoms with van der Waals surface area (Å²) < 4.78 is 0. The molecule has 0 amide bonds. The van der Waals surface area contributed by atoms with Crippen LogP contribution in [-0.4, -0.2) is 5.78 Å². The normalized spacial score (nSPS) is 32.5. The van der Waals surface area contributed by atoms with Crippen LogP contribution in [0.15, 0.2) is 35.9 Å². The standard InChI is InChI=1S/C14H14O/c1-9-7-10-8-14(2,13(9)15)12-6-4-3-5-11(10)12/h3-7,10H,8H2,1-2H3/t10-,14+/m0/s1. The Hall–Kier alpha value is -1.37. The molecule has 2 atom stereocenters. The van der Waals surface area contributed by atoms with E-state index in [-0.39, 0.29) is 5.41 Å². The lowest BCUT2D eigenvalue weighted by Crippen LogP contribution is -2.32. The maximum absolute atomic E-state index is 12.2. The molecule has 1 aromatic rings. The highest BCUT2D eigenvalue weighted by Gasteiger charge is 2.47. The quantitative estimate of drug-likeness (QED) is 0.626. The Labute approximate surface area is 89.8 Å². The van der Waals surface area contributed by atoms with Gasteiger partial charge < -0.3 is 0 Å². The maximum atomic E-state index is 12.2. The topological polar surface area (TPSA) is 17.1 Å². The highest BCUT2D eigenvalue weighted by atomic mass is 16.1. The zero-order valence-corrected chi connectivity index (χ0v) is 9.08. The fraction of sp³-hybridized carbons (Fsp3) is 0.357. The third-order valence-corrected chi connectivity index (χ3v) is 3.89. The minimum atomic E-state index is -0.250. The van der Waals surface area contributed by atoms with Crippen LogP contribution in [0.4, 0.5) is 0 Å². The minimum Gasteiger partial charge on any atom is -0.294 e. The van der Waals surface area contributed by atoms with Crippen LogP contribution in [-0.2, 0) is 10.2 Å². The first-order valence-corrected chi connectivity index (χ1v) is 5.45. The molecule has 0 heterocycles. The lowest BCUT2D eigenvalue weighted by Gasteiger charge is -2.27. The van der Waals surface area contributed by atoms with E-state index in [4.69, 9.17) is 0 Å². The Bertz CT molecular complexity index is 484. The zero-order chi connectivity index (χ0) is 10.6. The number of benzene rings is 1. The Morgan fingerprint density at radius 2 is 2.07 bits per heavy atom. The molecule has 1 aromatic carbocycles. The van der Waals surface area contributed by atoms with Crippen molar-refractivity contribution in [1.82, 2.24) is 0 Å². The molecule has 2 bridgehead atoms. The Balaban J connectivity index is 2.31. The van der Waals surface area contributed by atoms with Crippen molar-refractivity contribution >= 4 is 5.78 Å². The first kappa shape index (κ1) is 8.90. The van der Waals surface area contributed by atoms with Crippen LogP contribution < -0.4 is 0 Å². The maximum Gasteiger partial charge on any atom is 0.168 e. The summed E-state index contributed by atoms with van der Waals surface area (Å²) in [7, 11) is 0. The van der Waals surface area contributed by atoms with Gasteiger partial charge >= 0.3 is 0 Å². The molecule has 1 nitrogen and oxygen atoms in total. The minimum absolute atomic E-state index is 0.250. The first-order valence-electron chi connectivity index (χ1n) is 5.45. The average molecular weight is 198 g/mol. The number of fused-ring (bicyclic) bond motifs is 5. The second kappa shape index (κ2) is 2.60. The Kier molecular flexibility index (Phi) is 1.54. The number of allylic oxidation sites excluding steroid dienone is 2. The summed E-state index contributed by atoms with van der Waals surface area (Å²) in [5, 5.41) is 0. The van der Waals surface area contributed by atoms with Crippen molar-refractivity contribution in [2.24, 2.45) is 0 Å². The molecule has 3 rings (SSSR count). The summed E-state index contributed by atoms with van der Waals surface area (Å²) in [5.41, 5.74) is 3.28. The van der Waals surface area contributed by atoms with Crippen LogP contribution in [0, 0.1) is 0 Å². The molecule has 0 fully saturated rings. The lowest BCUT2D eigenvalue weighted by molar-refractivity contribution is -0.120. The molecular weight excluding hydrogens is 184 g/mol. The summed E-state index contributed by atoms with van der Waals surface area (Å²) in [5.74, 6) is 0.771. The summed E-state index contributed by atoms with van der Waals surface area (Å²) in [6.07, 6.45) is 3.10. The van der Waals surface area contributed by atoms with Gasteiger partial charge in [0.15, 0.2) is 5.78 Å². The van der Waals surface area contributed by atoms with Gasteiger partial charge in [-0.15, -0.1) is 0 Å². The molecule has 0 saturated heterocycles. The highest BCUT2D eigenvalue weighted by molar-refractivity contribution is 6.05. The molecule has 1 heteroatoms. The highest BCUT2D eigenvalue weighted by Crippen LogP contribution is 2.51. The largest absolute Gasteiger partial charge is 0.294 e. The van der Waals surface area contributed by atoms with Gasteiger partial charge in [-0.05, 0) is 37.0 Å². The first-order chi connectivity index (χ1) is 7.13. The third-order valence-electron chi connectivity index (χ3n) is 3.89. The molecule has 0 radical (unpaired) electrons. The van der Waals surface area contributed by atoms with E-state index in [0.29, 0.717) is 11.7 Å². The van der Waals surface area contributed by atoms with E-state index < -0.39 is 0 Å². The van der Waals surface area contributed by atoms with Crippen molar-refractivity contribution in [2.45, 2.75) is 31.6 Å². The van der Waals surface area contributed by atoms with Gasteiger partial charge in [0.05, 0.1) is 5.41 Å². The van der Waals surface area contributed by atoms with Crippen LogP contribution >= 0.6 is 0 Å². The number of carbonyl (C=O) groups excluding carboxylic acids is 1. The lowest BCUT2D eigenvalue weighted by atomic mass is 9.74. The van der Waals surface area contributed by atoms with Gasteiger partial charge in [-0.3, -0.25) is 4.79 Å². The van der Waals surface area contributed by atoms with E-state index in [1.54, 1.807) is 0 Å². The molecule has 0 saturated carbocycles. The fourth-order valence-electron chi connectivity index (χ4n) is 3.16. The second-order valence-corrected chi connectivity index (χ2v) is 4.91. The van der Waals surface area contributed by atoms with E-state index in [9.17, 15) is 4.79 Å². The second-order valence-electron chi connectivity index (χ2n) is 4.91. The molecule has 2 aliphatic carbocycles. The number of ketones is 1. The van der Waals surface area contributed by atoms with E-state index in [1.807, 2.05) is 13.0 Å². The fourth-order valence-corrected chi connectivity index (χ4v) is 3.16. The number of rotatable bonds is 0. The van der Waals surface area contributed by atoms with Crippen molar-refractivity contribution < 1.29 is 4.79 Å². The van der Waals surface area contributed by atoms with Gasteiger partial charge in [0, 0.05) is 5.92 Å². The van der Waals surface area contributed by atoms with Gasteiger partial charge in [0.1, 0.15) is 0 Å². The van der Waals surface area contributed by atoms with Gasteiger partial charge in [-0.1, -0.05) is 30.3 Å². The number of Topliss-reactive ketones (excluding diaryl/α,β-unsaturated/α-hetero) is 1. The number of hydrogen-bond donors (Lipinski definition) is 0. The Morgan fingerprint density at radius 1 is 1.33 bits per heavy atom. The summed E-state index contributed by atoms with van der Waals surface area (Å²) in [4.78, 5) is 12.2. The number of hydrogen-bond acceptors (Lipinski definition) is 1. The van der Waals surface area contributed by atoms with Gasteiger partial charge in [-0.2, -0.15) is 0 Å². The molecule has 0 N–H and O–H groups in total. The molecule has 15 heavy (non-hydrogen) atoms. The van der Waals surface area contributed by atoms with Crippen LogP contribution in [0.1, 0.15) is 37.3 Å². The smallest absolute Gasteiger partial charge is 0.168 e. The average Bonchev–Trinajstić information content (AvgIpc) is 2.49. The molecule has 0 aliphatic heterocycles. The summed E-state index contributed by atoms with van der Waals surface area (Å²) >= 11 is 0. The van der Waals surface area contributed by atoms with E-state index in [2.05, 4.69) is 31.2 Å². The van der Waals surface area contributed by atoms with Gasteiger partial charge in [0.2, 0.25) is 0 Å². The van der Waals surface area contributed by atoms with Gasteiger partial charge in [-0.25, -0.2) is 0 Å². The molecule has 0 unspecified atom stereocenters. The van der Waals surface area contributed by atoms with Crippen molar-refractivity contribution in [3.05, 3.63) is 47.0 Å². The van der Waals surface area contributed by atoms with E-state index in [1.165, 1.54) is 11.1 Å². The van der Waals surface area contributed by atoms with E-state index >= 15 is 0 Å². The van der Waals surface area contributed by atoms with Crippen molar-refractivity contribution in [1.29, 1.82) is 0 Å². The van der Waals surface area contributed by atoms with Gasteiger partial charge in [0.25, 0.3) is 0 Å². The predicted octanol–water partition coefficient (Wildman–Crippen LogP) is 2.96. The molecule has 0 spiro atoms. The molecule has 0 aromatic heterocycles. The molecular formula is C14H14O. The van der Waals surface area contributed by atoms with Crippen molar-refractivity contribution in [3.8, 4) is 0 Å². The van der Waals surface area contributed by atoms with E-state index in [0.717, 1.165) is 12.0 Å². The number of carbonyl (C=O) groups is 1. The predicted molar refractivity (Wildman–Crippen MR) is 59.9 cm³/mol. The Morgan fingerprint density at radius 3 is 2.87 bits per heavy atom. The van der Waals surface area contributed by atoms with Crippen molar-refractivity contribution in [3.63, 3.8) is 0 Å². The van der Waals surface area contributed by atoms with Crippen LogP contribution in [0.5, 0.6) is 0 Å². The van der Waals surface area contributed by atoms with Crippen molar-refractivity contribution in [2.75, 3.05) is 0 Å². The summed E-state index contributed by atoms with van der Waals surface area (Å²) in [6.45, 7) is 4.03. The van der Waals surface area contributed by atoms with Crippen LogP contribution in [0.2, 0.25) is 0 Å². The molecule has 2 aliphatic rings. The summed E-state index contributed by atoms with van der Waals surface area (Å²) in [6, 6.07) is 8.37.